The van der Waals surface area contributed by atoms with Crippen molar-refractivity contribution in [2.75, 3.05) is 7.11 Å². The van der Waals surface area contributed by atoms with E-state index in [1.807, 2.05) is 36.4 Å². The quantitative estimate of drug-likeness (QED) is 0.513. The summed E-state index contributed by atoms with van der Waals surface area (Å²) >= 11 is 0. The van der Waals surface area contributed by atoms with Crippen LogP contribution in [-0.2, 0) is 9.53 Å². The fourth-order valence-electron chi connectivity index (χ4n) is 2.50. The fourth-order valence-corrected chi connectivity index (χ4v) is 2.50. The van der Waals surface area contributed by atoms with Gasteiger partial charge in [0.2, 0.25) is 0 Å². The Morgan fingerprint density at radius 3 is 2.57 bits per heavy atom. The van der Waals surface area contributed by atoms with Crippen LogP contribution in [0.4, 0.5) is 0 Å². The molecule has 0 aliphatic heterocycles. The Morgan fingerprint density at radius 1 is 1.30 bits per heavy atom. The number of rotatable bonds is 10. The lowest BCUT2D eigenvalue weighted by Crippen LogP contribution is -2.40. The van der Waals surface area contributed by atoms with E-state index < -0.39 is 6.04 Å². The number of methoxy groups -OCH3 is 1. The zero-order chi connectivity index (χ0) is 17.1. The first-order valence-corrected chi connectivity index (χ1v) is 8.30. The molecule has 0 saturated carbocycles. The van der Waals surface area contributed by atoms with Crippen molar-refractivity contribution in [1.82, 2.24) is 5.32 Å². The molecule has 0 bridgehead atoms. The molecule has 0 spiro atoms. The SMILES string of the molecule is C=CC(C)[C@H](CC/C=C/CC)N[C@H](C(=O)OC)c1ccccc1. The van der Waals surface area contributed by atoms with Crippen LogP contribution in [0.3, 0.4) is 0 Å². The highest BCUT2D eigenvalue weighted by molar-refractivity contribution is 5.77. The molecule has 3 heteroatoms. The molecule has 3 atom stereocenters. The predicted octanol–water partition coefficient (Wildman–Crippen LogP) is 4.43. The van der Waals surface area contributed by atoms with Crippen molar-refractivity contribution >= 4 is 5.97 Å². The zero-order valence-corrected chi connectivity index (χ0v) is 14.5. The summed E-state index contributed by atoms with van der Waals surface area (Å²) in [6.07, 6.45) is 9.27. The van der Waals surface area contributed by atoms with Crippen LogP contribution in [0.5, 0.6) is 0 Å². The Balaban J connectivity index is 2.88. The van der Waals surface area contributed by atoms with Gasteiger partial charge in [0.15, 0.2) is 0 Å². The number of allylic oxidation sites excluding steroid dienone is 2. The Morgan fingerprint density at radius 2 is 2.00 bits per heavy atom. The lowest BCUT2D eigenvalue weighted by Gasteiger charge is -2.27. The summed E-state index contributed by atoms with van der Waals surface area (Å²) in [5.74, 6) is 0.00228. The molecule has 1 aromatic rings. The van der Waals surface area contributed by atoms with Crippen LogP contribution in [0.2, 0.25) is 0 Å². The second kappa shape index (κ2) is 10.8. The van der Waals surface area contributed by atoms with E-state index in [0.717, 1.165) is 24.8 Å². The molecule has 0 aliphatic carbocycles. The smallest absolute Gasteiger partial charge is 0.327 e. The Kier molecular flexibility index (Phi) is 9.00. The van der Waals surface area contributed by atoms with E-state index >= 15 is 0 Å². The summed E-state index contributed by atoms with van der Waals surface area (Å²) in [5.41, 5.74) is 0.921. The van der Waals surface area contributed by atoms with E-state index in [1.54, 1.807) is 0 Å². The van der Waals surface area contributed by atoms with E-state index in [9.17, 15) is 4.79 Å². The molecule has 0 radical (unpaired) electrons. The number of carbonyl (C=O) groups is 1. The average molecular weight is 315 g/mol. The molecule has 1 rings (SSSR count). The standard InChI is InChI=1S/C20H29NO2/c1-5-7-8-12-15-18(16(3)6-2)21-19(20(22)23-4)17-13-10-9-11-14-17/h6-11,13-14,16,18-19,21H,2,5,12,15H2,1,3-4H3/b8-7+/t16?,18-,19-/m0/s1. The third kappa shape index (κ3) is 6.41. The number of carbonyl (C=O) groups excluding carboxylic acids is 1. The topological polar surface area (TPSA) is 38.3 Å². The number of nitrogens with one attached hydrogen (secondary N) is 1. The number of ether oxygens (including phenoxy) is 1. The number of hydrogen-bond donors (Lipinski definition) is 1. The minimum atomic E-state index is -0.455. The molecule has 0 heterocycles. The second-order valence-electron chi connectivity index (χ2n) is 5.69. The van der Waals surface area contributed by atoms with Crippen molar-refractivity contribution in [1.29, 1.82) is 0 Å². The molecule has 1 aromatic carbocycles. The van der Waals surface area contributed by atoms with Gasteiger partial charge in [-0.15, -0.1) is 6.58 Å². The van der Waals surface area contributed by atoms with Gasteiger partial charge in [-0.2, -0.15) is 0 Å². The number of hydrogen-bond acceptors (Lipinski definition) is 3. The zero-order valence-electron chi connectivity index (χ0n) is 14.5. The van der Waals surface area contributed by atoms with Gasteiger partial charge in [-0.1, -0.05) is 62.4 Å². The van der Waals surface area contributed by atoms with E-state index in [4.69, 9.17) is 4.74 Å². The fraction of sp³-hybridized carbons (Fsp3) is 0.450. The van der Waals surface area contributed by atoms with Crippen LogP contribution in [0.15, 0.2) is 55.1 Å². The molecule has 0 amide bonds. The Bertz CT molecular complexity index is 496. The Hall–Kier alpha value is -1.87. The maximum Gasteiger partial charge on any atom is 0.327 e. The van der Waals surface area contributed by atoms with Gasteiger partial charge in [0.1, 0.15) is 6.04 Å². The highest BCUT2D eigenvalue weighted by Crippen LogP contribution is 2.20. The summed E-state index contributed by atoms with van der Waals surface area (Å²) in [6, 6.07) is 9.41. The van der Waals surface area contributed by atoms with Crippen LogP contribution in [0.1, 0.15) is 44.7 Å². The van der Waals surface area contributed by atoms with Crippen molar-refractivity contribution in [2.45, 2.75) is 45.2 Å². The summed E-state index contributed by atoms with van der Waals surface area (Å²) in [5, 5.41) is 3.47. The first-order valence-electron chi connectivity index (χ1n) is 8.30. The van der Waals surface area contributed by atoms with Crippen molar-refractivity contribution in [2.24, 2.45) is 5.92 Å². The average Bonchev–Trinajstić information content (AvgIpc) is 2.60. The van der Waals surface area contributed by atoms with E-state index in [0.29, 0.717) is 0 Å². The van der Waals surface area contributed by atoms with E-state index in [1.165, 1.54) is 7.11 Å². The maximum absolute atomic E-state index is 12.2. The Labute approximate surface area is 140 Å². The molecular weight excluding hydrogens is 286 g/mol. The summed E-state index contributed by atoms with van der Waals surface area (Å²) in [6.45, 7) is 8.14. The molecule has 0 saturated heterocycles. The molecule has 126 valence electrons. The number of esters is 1. The highest BCUT2D eigenvalue weighted by Gasteiger charge is 2.26. The second-order valence-corrected chi connectivity index (χ2v) is 5.69. The molecule has 0 aromatic heterocycles. The number of benzene rings is 1. The van der Waals surface area contributed by atoms with E-state index in [2.05, 4.69) is 37.9 Å². The normalized spacial score (nSPS) is 15.1. The predicted molar refractivity (Wildman–Crippen MR) is 96.1 cm³/mol. The molecule has 1 N–H and O–H groups in total. The van der Waals surface area contributed by atoms with Gasteiger partial charge >= 0.3 is 5.97 Å². The van der Waals surface area contributed by atoms with Gasteiger partial charge in [-0.05, 0) is 30.7 Å². The highest BCUT2D eigenvalue weighted by atomic mass is 16.5. The first kappa shape index (κ1) is 19.2. The molecular formula is C20H29NO2. The molecule has 3 nitrogen and oxygen atoms in total. The molecule has 0 aliphatic rings. The van der Waals surface area contributed by atoms with Gasteiger partial charge in [0.05, 0.1) is 7.11 Å². The summed E-state index contributed by atoms with van der Waals surface area (Å²) in [7, 11) is 1.43. The van der Waals surface area contributed by atoms with Gasteiger partial charge in [-0.25, -0.2) is 4.79 Å². The van der Waals surface area contributed by atoms with Crippen LogP contribution in [0.25, 0.3) is 0 Å². The minimum Gasteiger partial charge on any atom is -0.468 e. The van der Waals surface area contributed by atoms with E-state index in [-0.39, 0.29) is 17.9 Å². The molecule has 0 fully saturated rings. The largest absolute Gasteiger partial charge is 0.468 e. The lowest BCUT2D eigenvalue weighted by molar-refractivity contribution is -0.143. The van der Waals surface area contributed by atoms with Crippen molar-refractivity contribution < 1.29 is 9.53 Å². The molecule has 23 heavy (non-hydrogen) atoms. The first-order chi connectivity index (χ1) is 11.1. The molecule has 1 unspecified atom stereocenters. The summed E-state index contributed by atoms with van der Waals surface area (Å²) in [4.78, 5) is 12.2. The van der Waals surface area contributed by atoms with Crippen molar-refractivity contribution in [3.05, 3.63) is 60.7 Å². The van der Waals surface area contributed by atoms with Crippen molar-refractivity contribution in [3.8, 4) is 0 Å². The van der Waals surface area contributed by atoms with Crippen LogP contribution in [0, 0.1) is 5.92 Å². The van der Waals surface area contributed by atoms with Crippen LogP contribution >= 0.6 is 0 Å². The lowest BCUT2D eigenvalue weighted by atomic mass is 9.95. The van der Waals surface area contributed by atoms with Crippen molar-refractivity contribution in [3.63, 3.8) is 0 Å². The van der Waals surface area contributed by atoms with Gasteiger partial charge in [-0.3, -0.25) is 5.32 Å². The summed E-state index contributed by atoms with van der Waals surface area (Å²) < 4.78 is 4.98. The van der Waals surface area contributed by atoms with Crippen LogP contribution < -0.4 is 5.32 Å². The maximum atomic E-state index is 12.2. The third-order valence-corrected chi connectivity index (χ3v) is 4.00. The van der Waals surface area contributed by atoms with Crippen LogP contribution in [-0.4, -0.2) is 19.1 Å². The third-order valence-electron chi connectivity index (χ3n) is 4.00. The monoisotopic (exact) mass is 315 g/mol. The minimum absolute atomic E-state index is 0.165. The van der Waals surface area contributed by atoms with Gasteiger partial charge < -0.3 is 4.74 Å². The van der Waals surface area contributed by atoms with Gasteiger partial charge in [0.25, 0.3) is 0 Å². The van der Waals surface area contributed by atoms with Gasteiger partial charge in [0, 0.05) is 6.04 Å².